The fraction of sp³-hybridized carbons (Fsp3) is 0.385. The smallest absolute Gasteiger partial charge is 0.251 e. The third-order valence-electron chi connectivity index (χ3n) is 2.49. The van der Waals surface area contributed by atoms with Gasteiger partial charge in [0.05, 0.1) is 10.7 Å². The lowest BCUT2D eigenvalue weighted by atomic mass is 10.2. The number of nitrogens with one attached hydrogen (secondary N) is 2. The third-order valence-corrected chi connectivity index (χ3v) is 2.84. The maximum atomic E-state index is 11.8. The molecule has 0 aliphatic carbocycles. The molecule has 0 heterocycles. The zero-order valence-electron chi connectivity index (χ0n) is 11.0. The van der Waals surface area contributed by atoms with Gasteiger partial charge >= 0.3 is 0 Å². The van der Waals surface area contributed by atoms with E-state index < -0.39 is 0 Å². The van der Waals surface area contributed by atoms with Gasteiger partial charge in [0.25, 0.3) is 5.91 Å². The van der Waals surface area contributed by atoms with E-state index >= 15 is 0 Å². The Hall–Kier alpha value is -1.75. The van der Waals surface area contributed by atoms with Gasteiger partial charge in [0.15, 0.2) is 0 Å². The summed E-state index contributed by atoms with van der Waals surface area (Å²) < 4.78 is 0. The van der Waals surface area contributed by atoms with E-state index in [1.807, 2.05) is 13.8 Å². The second kappa shape index (κ2) is 6.99. The quantitative estimate of drug-likeness (QED) is 0.564. The van der Waals surface area contributed by atoms with E-state index in [-0.39, 0.29) is 17.7 Å². The lowest BCUT2D eigenvalue weighted by Crippen LogP contribution is -2.36. The molecule has 0 aliphatic rings. The SMILES string of the molecule is CC(C)C(=O)NCCNC(=O)c1ccc(Cl)c(N)c1. The molecule has 1 aromatic rings. The zero-order chi connectivity index (χ0) is 14.4. The van der Waals surface area contributed by atoms with Crippen molar-refractivity contribution in [3.8, 4) is 0 Å². The van der Waals surface area contributed by atoms with Gasteiger partial charge in [0, 0.05) is 24.6 Å². The standard InChI is InChI=1S/C13H18ClN3O2/c1-8(2)12(18)16-5-6-17-13(19)9-3-4-10(14)11(15)7-9/h3-4,7-8H,5-6,15H2,1-2H3,(H,16,18)(H,17,19). The summed E-state index contributed by atoms with van der Waals surface area (Å²) in [5, 5.41) is 5.81. The molecule has 0 bridgehead atoms. The molecular weight excluding hydrogens is 266 g/mol. The summed E-state index contributed by atoms with van der Waals surface area (Å²) in [6.07, 6.45) is 0. The van der Waals surface area contributed by atoms with Crippen molar-refractivity contribution < 1.29 is 9.59 Å². The molecule has 5 nitrogen and oxygen atoms in total. The minimum Gasteiger partial charge on any atom is -0.398 e. The predicted octanol–water partition coefficient (Wildman–Crippen LogP) is 1.42. The number of amides is 2. The average Bonchev–Trinajstić information content (AvgIpc) is 2.37. The molecule has 1 aromatic carbocycles. The average molecular weight is 284 g/mol. The van der Waals surface area contributed by atoms with Crippen molar-refractivity contribution in [3.63, 3.8) is 0 Å². The molecule has 104 valence electrons. The fourth-order valence-corrected chi connectivity index (χ4v) is 1.47. The molecule has 0 saturated heterocycles. The Balaban J connectivity index is 2.39. The van der Waals surface area contributed by atoms with Gasteiger partial charge in [-0.05, 0) is 18.2 Å². The number of nitrogen functional groups attached to an aromatic ring is 1. The number of carbonyl (C=O) groups excluding carboxylic acids is 2. The van der Waals surface area contributed by atoms with Crippen LogP contribution in [0, 0.1) is 5.92 Å². The van der Waals surface area contributed by atoms with E-state index in [1.165, 1.54) is 6.07 Å². The minimum absolute atomic E-state index is 0.0370. The van der Waals surface area contributed by atoms with E-state index in [1.54, 1.807) is 12.1 Å². The Labute approximate surface area is 117 Å². The number of anilines is 1. The van der Waals surface area contributed by atoms with E-state index in [9.17, 15) is 9.59 Å². The van der Waals surface area contributed by atoms with Gasteiger partial charge in [0.1, 0.15) is 0 Å². The van der Waals surface area contributed by atoms with Crippen molar-refractivity contribution in [1.29, 1.82) is 0 Å². The second-order valence-electron chi connectivity index (χ2n) is 4.44. The van der Waals surface area contributed by atoms with Crippen LogP contribution >= 0.6 is 11.6 Å². The molecule has 0 spiro atoms. The highest BCUT2D eigenvalue weighted by molar-refractivity contribution is 6.33. The molecule has 0 atom stereocenters. The van der Waals surface area contributed by atoms with Gasteiger partial charge in [-0.3, -0.25) is 9.59 Å². The summed E-state index contributed by atoms with van der Waals surface area (Å²) in [6, 6.07) is 4.69. The van der Waals surface area contributed by atoms with Crippen molar-refractivity contribution in [3.05, 3.63) is 28.8 Å². The van der Waals surface area contributed by atoms with Crippen LogP contribution in [-0.2, 0) is 4.79 Å². The highest BCUT2D eigenvalue weighted by Gasteiger charge is 2.08. The molecule has 1 rings (SSSR count). The Bertz CT molecular complexity index is 475. The first kappa shape index (κ1) is 15.3. The summed E-state index contributed by atoms with van der Waals surface area (Å²) >= 11 is 5.77. The molecule has 0 aromatic heterocycles. The highest BCUT2D eigenvalue weighted by Crippen LogP contribution is 2.19. The fourth-order valence-electron chi connectivity index (χ4n) is 1.35. The van der Waals surface area contributed by atoms with Crippen LogP contribution in [-0.4, -0.2) is 24.9 Å². The van der Waals surface area contributed by atoms with Crippen molar-refractivity contribution in [1.82, 2.24) is 10.6 Å². The summed E-state index contributed by atoms with van der Waals surface area (Å²) in [5.74, 6) is -0.348. The first-order chi connectivity index (χ1) is 8.91. The molecule has 4 N–H and O–H groups in total. The Kier molecular flexibility index (Phi) is 5.63. The molecule has 6 heteroatoms. The maximum Gasteiger partial charge on any atom is 0.251 e. The van der Waals surface area contributed by atoms with Crippen LogP contribution in [0.15, 0.2) is 18.2 Å². The van der Waals surface area contributed by atoms with Gasteiger partial charge in [-0.25, -0.2) is 0 Å². The molecule has 0 radical (unpaired) electrons. The maximum absolute atomic E-state index is 11.8. The number of hydrogen-bond donors (Lipinski definition) is 3. The van der Waals surface area contributed by atoms with E-state index in [4.69, 9.17) is 17.3 Å². The lowest BCUT2D eigenvalue weighted by molar-refractivity contribution is -0.123. The molecule has 0 unspecified atom stereocenters. The van der Waals surface area contributed by atoms with Gasteiger partial charge in [-0.2, -0.15) is 0 Å². The number of hydrogen-bond acceptors (Lipinski definition) is 3. The topological polar surface area (TPSA) is 84.2 Å². The van der Waals surface area contributed by atoms with Crippen molar-refractivity contribution in [2.75, 3.05) is 18.8 Å². The minimum atomic E-state index is -0.248. The second-order valence-corrected chi connectivity index (χ2v) is 4.85. The molecule has 0 fully saturated rings. The van der Waals surface area contributed by atoms with Gasteiger partial charge in [0.2, 0.25) is 5.91 Å². The van der Waals surface area contributed by atoms with Gasteiger partial charge < -0.3 is 16.4 Å². The van der Waals surface area contributed by atoms with Crippen LogP contribution in [0.4, 0.5) is 5.69 Å². The molecule has 2 amide bonds. The van der Waals surface area contributed by atoms with Gasteiger partial charge in [-0.15, -0.1) is 0 Å². The molecular formula is C13H18ClN3O2. The van der Waals surface area contributed by atoms with Crippen LogP contribution in [0.3, 0.4) is 0 Å². The summed E-state index contributed by atoms with van der Waals surface area (Å²) in [5.41, 5.74) is 6.42. The number of benzene rings is 1. The predicted molar refractivity (Wildman–Crippen MR) is 76.0 cm³/mol. The Morgan fingerprint density at radius 1 is 1.26 bits per heavy atom. The normalized spacial score (nSPS) is 10.3. The molecule has 0 aliphatic heterocycles. The van der Waals surface area contributed by atoms with Crippen LogP contribution in [0.1, 0.15) is 24.2 Å². The van der Waals surface area contributed by atoms with E-state index in [0.717, 1.165) is 0 Å². The Morgan fingerprint density at radius 3 is 2.47 bits per heavy atom. The van der Waals surface area contributed by atoms with Crippen LogP contribution < -0.4 is 16.4 Å². The van der Waals surface area contributed by atoms with Crippen LogP contribution in [0.25, 0.3) is 0 Å². The summed E-state index contributed by atoms with van der Waals surface area (Å²) in [6.45, 7) is 4.38. The number of rotatable bonds is 5. The number of nitrogens with two attached hydrogens (primary N) is 1. The monoisotopic (exact) mass is 283 g/mol. The summed E-state index contributed by atoms with van der Waals surface area (Å²) in [4.78, 5) is 23.0. The third kappa shape index (κ3) is 4.79. The van der Waals surface area contributed by atoms with Crippen molar-refractivity contribution >= 4 is 29.1 Å². The number of halogens is 1. The zero-order valence-corrected chi connectivity index (χ0v) is 11.8. The van der Waals surface area contributed by atoms with E-state index in [0.29, 0.717) is 29.4 Å². The van der Waals surface area contributed by atoms with Crippen LogP contribution in [0.5, 0.6) is 0 Å². The first-order valence-corrected chi connectivity index (χ1v) is 6.40. The highest BCUT2D eigenvalue weighted by atomic mass is 35.5. The van der Waals surface area contributed by atoms with Crippen LogP contribution in [0.2, 0.25) is 5.02 Å². The largest absolute Gasteiger partial charge is 0.398 e. The molecule has 0 saturated carbocycles. The Morgan fingerprint density at radius 2 is 1.89 bits per heavy atom. The molecule has 19 heavy (non-hydrogen) atoms. The first-order valence-electron chi connectivity index (χ1n) is 6.02. The van der Waals surface area contributed by atoms with Crippen molar-refractivity contribution in [2.45, 2.75) is 13.8 Å². The van der Waals surface area contributed by atoms with Crippen molar-refractivity contribution in [2.24, 2.45) is 5.92 Å². The lowest BCUT2D eigenvalue weighted by Gasteiger charge is -2.09. The van der Waals surface area contributed by atoms with E-state index in [2.05, 4.69) is 10.6 Å². The van der Waals surface area contributed by atoms with Gasteiger partial charge in [-0.1, -0.05) is 25.4 Å². The summed E-state index contributed by atoms with van der Waals surface area (Å²) in [7, 11) is 0. The number of carbonyl (C=O) groups is 2.